The Hall–Kier alpha value is 0.979. The molecule has 24 valence electrons. The standard InChI is InChI=1S/Al.O.H5PSi.H/c;;1-2;/h;;1H2,2H3;. The monoisotopic (exact) mass is 108 g/mol. The zero-order valence-corrected chi connectivity index (χ0v) is 7.26. The Kier molecular flexibility index (Phi) is 81.8. The SMILES string of the molecule is [O]=[AlH].[SiH3]P. The van der Waals surface area contributed by atoms with Gasteiger partial charge in [0.25, 0.3) is 0 Å². The van der Waals surface area contributed by atoms with Crippen LogP contribution >= 0.6 is 8.79 Å². The maximum absolute atomic E-state index is 8.28. The van der Waals surface area contributed by atoms with Crippen molar-refractivity contribution in [1.29, 1.82) is 0 Å². The zero-order valence-electron chi connectivity index (χ0n) is 2.69. The van der Waals surface area contributed by atoms with Crippen LogP contribution in [0.5, 0.6) is 0 Å². The molecule has 0 saturated carbocycles. The molecular weight excluding hydrogens is 102 g/mol. The first kappa shape index (κ1) is 8.88. The van der Waals surface area contributed by atoms with Crippen molar-refractivity contribution in [3.8, 4) is 0 Å². The molecule has 0 aliphatic carbocycles. The van der Waals surface area contributed by atoms with Crippen LogP contribution in [0, 0.1) is 0 Å². The summed E-state index contributed by atoms with van der Waals surface area (Å²) in [4.78, 5) is 0. The van der Waals surface area contributed by atoms with Crippen LogP contribution in [0.4, 0.5) is 0 Å². The van der Waals surface area contributed by atoms with E-state index in [0.717, 1.165) is 0 Å². The van der Waals surface area contributed by atoms with Crippen LogP contribution in [0.3, 0.4) is 0 Å². The Labute approximate surface area is 39.3 Å². The molecule has 0 aromatic heterocycles. The summed E-state index contributed by atoms with van der Waals surface area (Å²) in [6, 6.07) is 0. The van der Waals surface area contributed by atoms with E-state index in [1.54, 1.807) is 0 Å². The molecule has 0 spiro atoms. The van der Waals surface area contributed by atoms with Crippen LogP contribution in [0.25, 0.3) is 0 Å². The molecule has 0 aliphatic rings. The molecule has 4 heteroatoms. The van der Waals surface area contributed by atoms with Crippen molar-refractivity contribution in [3.05, 3.63) is 0 Å². The Morgan fingerprint density at radius 2 is 1.50 bits per heavy atom. The third-order valence-electron chi connectivity index (χ3n) is 0. The minimum absolute atomic E-state index is 0.611. The summed E-state index contributed by atoms with van der Waals surface area (Å²) < 4.78 is 8.28. The molecule has 1 unspecified atom stereocenters. The molecule has 0 bridgehead atoms. The smallest absolute Gasteiger partial charge is 0.0252 e. The first-order valence-corrected chi connectivity index (χ1v) is 6.06. The summed E-state index contributed by atoms with van der Waals surface area (Å²) in [5.41, 5.74) is 0. The van der Waals surface area contributed by atoms with Gasteiger partial charge in [0.2, 0.25) is 0 Å². The van der Waals surface area contributed by atoms with Gasteiger partial charge in [-0.2, -0.15) is 8.79 Å². The molecule has 0 fully saturated rings. The van der Waals surface area contributed by atoms with Crippen molar-refractivity contribution >= 4 is 34.9 Å². The van der Waals surface area contributed by atoms with Crippen molar-refractivity contribution in [1.82, 2.24) is 0 Å². The van der Waals surface area contributed by atoms with E-state index in [1.807, 2.05) is 0 Å². The Bertz CT molecular complexity index is 8.00. The maximum Gasteiger partial charge on any atom is 0.0252 e. The number of hydrogen-bond donors (Lipinski definition) is 0. The van der Waals surface area contributed by atoms with Crippen molar-refractivity contribution in [2.24, 2.45) is 0 Å². The molecule has 0 amide bonds. The van der Waals surface area contributed by atoms with E-state index in [2.05, 4.69) is 8.79 Å². The second-order valence-corrected chi connectivity index (χ2v) is 0. The van der Waals surface area contributed by atoms with Gasteiger partial charge in [-0.3, -0.25) is 0 Å². The normalized spacial score (nSPS) is 3.00. The zero-order chi connectivity index (χ0) is 4.00. The van der Waals surface area contributed by atoms with E-state index in [0.29, 0.717) is 16.2 Å². The summed E-state index contributed by atoms with van der Waals surface area (Å²) >= 11 is 0.611. The van der Waals surface area contributed by atoms with Gasteiger partial charge in [0.05, 0.1) is 0 Å². The minimum Gasteiger partial charge on any atom is -0.159 e. The summed E-state index contributed by atoms with van der Waals surface area (Å²) in [5.74, 6) is 0. The first-order chi connectivity index (χ1) is 2.00. The van der Waals surface area contributed by atoms with Gasteiger partial charge < -0.3 is 0 Å². The molecule has 0 heterocycles. The Balaban J connectivity index is 0. The van der Waals surface area contributed by atoms with Gasteiger partial charge in [-0.15, -0.1) is 0 Å². The van der Waals surface area contributed by atoms with Crippen molar-refractivity contribution < 1.29 is 3.80 Å². The summed E-state index contributed by atoms with van der Waals surface area (Å²) in [6.45, 7) is 0. The van der Waals surface area contributed by atoms with E-state index in [1.165, 1.54) is 9.91 Å². The summed E-state index contributed by atoms with van der Waals surface area (Å²) in [7, 11) is 3.78. The van der Waals surface area contributed by atoms with Crippen molar-refractivity contribution in [3.63, 3.8) is 0 Å². The molecule has 1 atom stereocenters. The molecule has 0 rings (SSSR count). The molecule has 4 heavy (non-hydrogen) atoms. The van der Waals surface area contributed by atoms with Gasteiger partial charge in [0.15, 0.2) is 0 Å². The van der Waals surface area contributed by atoms with Crippen molar-refractivity contribution in [2.75, 3.05) is 0 Å². The van der Waals surface area contributed by atoms with Gasteiger partial charge in [-0.1, -0.05) is 0 Å². The van der Waals surface area contributed by atoms with Crippen molar-refractivity contribution in [2.45, 2.75) is 0 Å². The molecule has 0 N–H and O–H groups in total. The van der Waals surface area contributed by atoms with Crippen LogP contribution < -0.4 is 0 Å². The van der Waals surface area contributed by atoms with Gasteiger partial charge in [0.1, 0.15) is 0 Å². The second-order valence-electron chi connectivity index (χ2n) is 0. The molecular formula is H6AlOPSi. The van der Waals surface area contributed by atoms with E-state index < -0.39 is 0 Å². The van der Waals surface area contributed by atoms with Gasteiger partial charge >= 0.3 is 20.0 Å². The topological polar surface area (TPSA) is 17.1 Å². The third-order valence-corrected chi connectivity index (χ3v) is 0. The first-order valence-electron chi connectivity index (χ1n) is 0.866. The van der Waals surface area contributed by atoms with E-state index in [4.69, 9.17) is 3.80 Å². The average molecular weight is 108 g/mol. The predicted molar refractivity (Wildman–Crippen MR) is 27.5 cm³/mol. The predicted octanol–water partition coefficient (Wildman–Crippen LogP) is -1.63. The van der Waals surface area contributed by atoms with Gasteiger partial charge in [0, 0.05) is 9.91 Å². The number of hydrogen-bond acceptors (Lipinski definition) is 1. The van der Waals surface area contributed by atoms with Crippen LogP contribution in [-0.2, 0) is 3.80 Å². The van der Waals surface area contributed by atoms with Crippen LogP contribution in [0.2, 0.25) is 0 Å². The summed E-state index contributed by atoms with van der Waals surface area (Å²) in [5, 5.41) is 0. The van der Waals surface area contributed by atoms with Gasteiger partial charge in [-0.05, 0) is 0 Å². The Morgan fingerprint density at radius 3 is 1.50 bits per heavy atom. The van der Waals surface area contributed by atoms with Gasteiger partial charge in [-0.25, -0.2) is 0 Å². The molecule has 1 nitrogen and oxygen atoms in total. The van der Waals surface area contributed by atoms with E-state index >= 15 is 0 Å². The van der Waals surface area contributed by atoms with Crippen LogP contribution in [-0.4, -0.2) is 26.1 Å². The second kappa shape index (κ2) is 36.8. The van der Waals surface area contributed by atoms with E-state index in [9.17, 15) is 0 Å². The average Bonchev–Trinajstić information content (AvgIpc) is 1.50. The largest absolute Gasteiger partial charge is 0.159 e. The molecule has 0 radical (unpaired) electrons. The Morgan fingerprint density at radius 1 is 1.50 bits per heavy atom. The quantitative estimate of drug-likeness (QED) is 0.269. The minimum atomic E-state index is 0.611. The molecule has 0 aromatic carbocycles. The molecule has 0 saturated heterocycles. The fourth-order valence-corrected chi connectivity index (χ4v) is 0. The fraction of sp³-hybridized carbons (Fsp3) is 0. The molecule has 0 aromatic rings. The fourth-order valence-electron chi connectivity index (χ4n) is 0. The summed E-state index contributed by atoms with van der Waals surface area (Å²) in [6.07, 6.45) is 0. The third kappa shape index (κ3) is 12.2. The maximum atomic E-state index is 8.28. The van der Waals surface area contributed by atoms with Crippen LogP contribution in [0.1, 0.15) is 0 Å². The van der Waals surface area contributed by atoms with Crippen LogP contribution in [0.15, 0.2) is 0 Å². The number of rotatable bonds is 0. The van der Waals surface area contributed by atoms with E-state index in [-0.39, 0.29) is 0 Å². The molecule has 0 aliphatic heterocycles.